The molecule has 1 unspecified atom stereocenters. The number of aromatic nitrogens is 3. The van der Waals surface area contributed by atoms with Gasteiger partial charge in [-0.3, -0.25) is 0 Å². The lowest BCUT2D eigenvalue weighted by Gasteiger charge is -2.37. The van der Waals surface area contributed by atoms with Crippen LogP contribution in [0, 0.1) is 0 Å². The normalized spacial score (nSPS) is 18.6. The van der Waals surface area contributed by atoms with Crippen molar-refractivity contribution < 1.29 is 9.53 Å². The van der Waals surface area contributed by atoms with E-state index in [1.165, 1.54) is 0 Å². The lowest BCUT2D eigenvalue weighted by atomic mass is 10.0. The Morgan fingerprint density at radius 2 is 2.20 bits per heavy atom. The Labute approximate surface area is 153 Å². The summed E-state index contributed by atoms with van der Waals surface area (Å²) in [4.78, 5) is 23.5. The first-order valence-electron chi connectivity index (χ1n) is 8.75. The quantitative estimate of drug-likeness (QED) is 0.773. The number of ether oxygens (including phenoxy) is 1. The largest absolute Gasteiger partial charge is 0.444 e. The van der Waals surface area contributed by atoms with Crippen LogP contribution >= 0.6 is 11.6 Å². The molecule has 0 bridgehead atoms. The summed E-state index contributed by atoms with van der Waals surface area (Å²) in [5.74, 6) is 1.10. The minimum atomic E-state index is -0.496. The van der Waals surface area contributed by atoms with Gasteiger partial charge < -0.3 is 14.2 Å². The van der Waals surface area contributed by atoms with Gasteiger partial charge in [0, 0.05) is 19.3 Å². The number of hydrogen-bond acceptors (Lipinski definition) is 4. The zero-order valence-corrected chi connectivity index (χ0v) is 15.8. The topological polar surface area (TPSA) is 60.2 Å². The maximum absolute atomic E-state index is 12.6. The molecule has 2 aromatic rings. The average Bonchev–Trinajstić information content (AvgIpc) is 2.92. The molecule has 0 N–H and O–H groups in total. The van der Waals surface area contributed by atoms with Crippen LogP contribution < -0.4 is 0 Å². The Kier molecular flexibility index (Phi) is 5.18. The maximum atomic E-state index is 12.6. The molecule has 1 aliphatic heterocycles. The summed E-state index contributed by atoms with van der Waals surface area (Å²) in [7, 11) is 0. The number of likely N-dealkylation sites (tertiary alicyclic amines) is 1. The van der Waals surface area contributed by atoms with E-state index >= 15 is 0 Å². The molecule has 2 aromatic heterocycles. The van der Waals surface area contributed by atoms with Gasteiger partial charge in [0.15, 0.2) is 5.65 Å². The van der Waals surface area contributed by atoms with Crippen LogP contribution in [0.2, 0.25) is 0 Å². The highest BCUT2D eigenvalue weighted by atomic mass is 35.5. The fourth-order valence-corrected chi connectivity index (χ4v) is 3.47. The van der Waals surface area contributed by atoms with E-state index in [2.05, 4.69) is 9.97 Å². The third kappa shape index (κ3) is 4.06. The summed E-state index contributed by atoms with van der Waals surface area (Å²) in [5, 5.41) is 0. The SMILES string of the molecule is CC(C)(C)OC(=O)N1CCCCC1Cn1c(CCl)nc2cccnc21. The van der Waals surface area contributed by atoms with Gasteiger partial charge in [0.05, 0.1) is 11.9 Å². The molecule has 0 aliphatic carbocycles. The molecular weight excluding hydrogens is 340 g/mol. The maximum Gasteiger partial charge on any atom is 0.410 e. The number of hydrogen-bond donors (Lipinski definition) is 0. The molecule has 1 fully saturated rings. The number of amides is 1. The highest BCUT2D eigenvalue weighted by Crippen LogP contribution is 2.24. The summed E-state index contributed by atoms with van der Waals surface area (Å²) in [6.07, 6.45) is 4.54. The predicted molar refractivity (Wildman–Crippen MR) is 97.7 cm³/mol. The van der Waals surface area contributed by atoms with E-state index < -0.39 is 5.60 Å². The number of piperidine rings is 1. The van der Waals surface area contributed by atoms with Crippen molar-refractivity contribution >= 4 is 28.9 Å². The first-order valence-corrected chi connectivity index (χ1v) is 9.28. The van der Waals surface area contributed by atoms with E-state index in [9.17, 15) is 4.79 Å². The summed E-state index contributed by atoms with van der Waals surface area (Å²) < 4.78 is 7.63. The van der Waals surface area contributed by atoms with Crippen LogP contribution in [0.3, 0.4) is 0 Å². The highest BCUT2D eigenvalue weighted by molar-refractivity contribution is 6.16. The molecule has 1 amide bonds. The number of pyridine rings is 1. The van der Waals surface area contributed by atoms with Crippen molar-refractivity contribution in [1.29, 1.82) is 0 Å². The summed E-state index contributed by atoms with van der Waals surface area (Å²) in [6, 6.07) is 3.86. The average molecular weight is 365 g/mol. The fourth-order valence-electron chi connectivity index (χ4n) is 3.26. The first-order chi connectivity index (χ1) is 11.9. The standard InChI is InChI=1S/C18H25ClN4O2/c1-18(2,3)25-17(24)22-10-5-4-7-13(22)12-23-15(11-19)21-14-8-6-9-20-16(14)23/h6,8-9,13H,4-5,7,10-12H2,1-3H3. The van der Waals surface area contributed by atoms with E-state index in [-0.39, 0.29) is 12.1 Å². The number of fused-ring (bicyclic) bond motifs is 1. The molecule has 6 nitrogen and oxygen atoms in total. The third-order valence-electron chi connectivity index (χ3n) is 4.35. The van der Waals surface area contributed by atoms with Crippen molar-refractivity contribution in [2.75, 3.05) is 6.54 Å². The number of imidazole rings is 1. The molecule has 0 saturated carbocycles. The summed E-state index contributed by atoms with van der Waals surface area (Å²) in [6.45, 7) is 7.03. The van der Waals surface area contributed by atoms with Gasteiger partial charge in [-0.1, -0.05) is 0 Å². The third-order valence-corrected chi connectivity index (χ3v) is 4.59. The molecule has 25 heavy (non-hydrogen) atoms. The second-order valence-corrected chi connectivity index (χ2v) is 7.71. The number of carbonyl (C=O) groups is 1. The molecule has 3 rings (SSSR count). The lowest BCUT2D eigenvalue weighted by Crippen LogP contribution is -2.48. The number of nitrogens with zero attached hydrogens (tertiary/aromatic N) is 4. The highest BCUT2D eigenvalue weighted by Gasteiger charge is 2.31. The Bertz CT molecular complexity index is 753. The van der Waals surface area contributed by atoms with Crippen molar-refractivity contribution in [2.45, 2.75) is 64.1 Å². The molecule has 3 heterocycles. The minimum absolute atomic E-state index is 0.0602. The van der Waals surface area contributed by atoms with Crippen LogP contribution in [-0.2, 0) is 17.2 Å². The Morgan fingerprint density at radius 1 is 1.40 bits per heavy atom. The van der Waals surface area contributed by atoms with E-state index in [0.29, 0.717) is 12.4 Å². The molecule has 0 aromatic carbocycles. The molecule has 0 spiro atoms. The van der Waals surface area contributed by atoms with Crippen LogP contribution in [0.1, 0.15) is 45.9 Å². The summed E-state index contributed by atoms with van der Waals surface area (Å²) >= 11 is 6.09. The second-order valence-electron chi connectivity index (χ2n) is 7.44. The van der Waals surface area contributed by atoms with Crippen LogP contribution in [0.25, 0.3) is 11.2 Å². The Morgan fingerprint density at radius 3 is 2.92 bits per heavy atom. The van der Waals surface area contributed by atoms with Gasteiger partial charge in [0.1, 0.15) is 16.9 Å². The van der Waals surface area contributed by atoms with Crippen LogP contribution in [0.4, 0.5) is 4.79 Å². The number of carbonyl (C=O) groups excluding carboxylic acids is 1. The zero-order chi connectivity index (χ0) is 18.0. The molecule has 1 saturated heterocycles. The van der Waals surface area contributed by atoms with Gasteiger partial charge in [0.2, 0.25) is 0 Å². The van der Waals surface area contributed by atoms with Gasteiger partial charge in [-0.05, 0) is 52.2 Å². The van der Waals surface area contributed by atoms with Crippen LogP contribution in [0.5, 0.6) is 0 Å². The lowest BCUT2D eigenvalue weighted by molar-refractivity contribution is 0.00783. The monoisotopic (exact) mass is 364 g/mol. The number of halogens is 1. The molecule has 1 atom stereocenters. The first kappa shape index (κ1) is 18.0. The second kappa shape index (κ2) is 7.20. The van der Waals surface area contributed by atoms with Gasteiger partial charge in [-0.25, -0.2) is 14.8 Å². The minimum Gasteiger partial charge on any atom is -0.444 e. The molecular formula is C18H25ClN4O2. The van der Waals surface area contributed by atoms with Gasteiger partial charge >= 0.3 is 6.09 Å². The van der Waals surface area contributed by atoms with Crippen LogP contribution in [-0.4, -0.2) is 43.7 Å². The molecule has 136 valence electrons. The van der Waals surface area contributed by atoms with Gasteiger partial charge in [0.25, 0.3) is 0 Å². The molecule has 1 aliphatic rings. The Hall–Kier alpha value is -1.82. The molecule has 7 heteroatoms. The van der Waals surface area contributed by atoms with Gasteiger partial charge in [-0.2, -0.15) is 0 Å². The number of alkyl halides is 1. The fraction of sp³-hybridized carbons (Fsp3) is 0.611. The van der Waals surface area contributed by atoms with Crippen molar-refractivity contribution in [3.05, 3.63) is 24.2 Å². The van der Waals surface area contributed by atoms with Gasteiger partial charge in [-0.15, -0.1) is 11.6 Å². The Balaban J connectivity index is 1.86. The van der Waals surface area contributed by atoms with Crippen molar-refractivity contribution in [1.82, 2.24) is 19.4 Å². The smallest absolute Gasteiger partial charge is 0.410 e. The zero-order valence-electron chi connectivity index (χ0n) is 15.0. The van der Waals surface area contributed by atoms with Crippen LogP contribution in [0.15, 0.2) is 18.3 Å². The van der Waals surface area contributed by atoms with Crippen molar-refractivity contribution in [2.24, 2.45) is 0 Å². The van der Waals surface area contributed by atoms with E-state index in [0.717, 1.165) is 42.8 Å². The van der Waals surface area contributed by atoms with E-state index in [4.69, 9.17) is 16.3 Å². The van der Waals surface area contributed by atoms with Crippen molar-refractivity contribution in [3.8, 4) is 0 Å². The summed E-state index contributed by atoms with van der Waals surface area (Å²) in [5.41, 5.74) is 1.15. The molecule has 0 radical (unpaired) electrons. The van der Waals surface area contributed by atoms with E-state index in [1.807, 2.05) is 42.4 Å². The van der Waals surface area contributed by atoms with E-state index in [1.54, 1.807) is 6.20 Å². The van der Waals surface area contributed by atoms with Crippen molar-refractivity contribution in [3.63, 3.8) is 0 Å². The number of rotatable bonds is 3. The predicted octanol–water partition coefficient (Wildman–Crippen LogP) is 3.96.